The van der Waals surface area contributed by atoms with Gasteiger partial charge in [0.05, 0.1) is 0 Å². The summed E-state index contributed by atoms with van der Waals surface area (Å²) in [5.74, 6) is -0.650. The Balaban J connectivity index is 2.37. The second kappa shape index (κ2) is 6.66. The fraction of sp³-hybridized carbons (Fsp3) is 0. The molecule has 0 saturated heterocycles. The Morgan fingerprint density at radius 3 is 1.61 bits per heavy atom. The SMILES string of the molecule is Fc1cc(-c2c(Cl)cccc2Cl)c(-c2c(Cl)cccc2Cl)cn1. The van der Waals surface area contributed by atoms with Gasteiger partial charge in [0.1, 0.15) is 0 Å². The highest BCUT2D eigenvalue weighted by Gasteiger charge is 2.18. The van der Waals surface area contributed by atoms with Crippen molar-refractivity contribution in [1.82, 2.24) is 4.98 Å². The molecule has 3 rings (SSSR count). The molecule has 0 N–H and O–H groups in total. The molecule has 2 aromatic carbocycles. The van der Waals surface area contributed by atoms with Crippen molar-refractivity contribution in [1.29, 1.82) is 0 Å². The fourth-order valence-corrected chi connectivity index (χ4v) is 3.55. The lowest BCUT2D eigenvalue weighted by Gasteiger charge is -2.15. The van der Waals surface area contributed by atoms with Crippen LogP contribution in [0, 0.1) is 5.95 Å². The predicted octanol–water partition coefficient (Wildman–Crippen LogP) is 7.17. The zero-order valence-corrected chi connectivity index (χ0v) is 14.5. The first kappa shape index (κ1) is 16.5. The van der Waals surface area contributed by atoms with E-state index in [1.54, 1.807) is 36.4 Å². The second-order valence-electron chi connectivity index (χ2n) is 4.75. The van der Waals surface area contributed by atoms with Crippen molar-refractivity contribution in [2.45, 2.75) is 0 Å². The summed E-state index contributed by atoms with van der Waals surface area (Å²) in [6.45, 7) is 0. The Kier molecular flexibility index (Phi) is 4.79. The maximum absolute atomic E-state index is 13.7. The number of halogens is 5. The summed E-state index contributed by atoms with van der Waals surface area (Å²) in [6, 6.07) is 11.5. The van der Waals surface area contributed by atoms with Crippen molar-refractivity contribution in [3.63, 3.8) is 0 Å². The van der Waals surface area contributed by atoms with E-state index in [1.165, 1.54) is 12.3 Å². The first-order valence-electron chi connectivity index (χ1n) is 6.53. The van der Waals surface area contributed by atoms with Gasteiger partial charge in [0.2, 0.25) is 5.95 Å². The van der Waals surface area contributed by atoms with Gasteiger partial charge < -0.3 is 0 Å². The molecule has 116 valence electrons. The average molecular weight is 387 g/mol. The Hall–Kier alpha value is -1.32. The quantitative estimate of drug-likeness (QED) is 0.425. The number of benzene rings is 2. The van der Waals surface area contributed by atoms with Crippen molar-refractivity contribution < 1.29 is 4.39 Å². The van der Waals surface area contributed by atoms with E-state index in [4.69, 9.17) is 46.4 Å². The summed E-state index contributed by atoms with van der Waals surface area (Å²) in [7, 11) is 0. The van der Waals surface area contributed by atoms with Crippen LogP contribution in [0.3, 0.4) is 0 Å². The standard InChI is InChI=1S/C17H8Cl4FN/c18-11-3-1-4-12(19)16(11)9-7-15(22)23-8-10(9)17-13(20)5-2-6-14(17)21/h1-8H. The first-order valence-corrected chi connectivity index (χ1v) is 8.04. The lowest BCUT2D eigenvalue weighted by atomic mass is 9.96. The van der Waals surface area contributed by atoms with Gasteiger partial charge in [-0.3, -0.25) is 0 Å². The molecule has 0 aliphatic carbocycles. The maximum atomic E-state index is 13.7. The van der Waals surface area contributed by atoms with Crippen molar-refractivity contribution in [2.24, 2.45) is 0 Å². The van der Waals surface area contributed by atoms with Crippen LogP contribution in [0.1, 0.15) is 0 Å². The van der Waals surface area contributed by atoms with Crippen LogP contribution in [-0.2, 0) is 0 Å². The molecule has 6 heteroatoms. The Labute approximate surface area is 152 Å². The summed E-state index contributed by atoms with van der Waals surface area (Å²) >= 11 is 25.1. The van der Waals surface area contributed by atoms with E-state index in [0.717, 1.165) is 0 Å². The number of rotatable bonds is 2. The molecular formula is C17H8Cl4FN. The summed E-state index contributed by atoms with van der Waals surface area (Å²) in [4.78, 5) is 3.71. The first-order chi connectivity index (χ1) is 11.0. The van der Waals surface area contributed by atoms with Crippen LogP contribution >= 0.6 is 46.4 Å². The van der Waals surface area contributed by atoms with Crippen molar-refractivity contribution in [3.05, 3.63) is 74.7 Å². The molecule has 0 bridgehead atoms. The van der Waals surface area contributed by atoms with Gasteiger partial charge in [0, 0.05) is 49.0 Å². The monoisotopic (exact) mass is 385 g/mol. The van der Waals surface area contributed by atoms with Crippen LogP contribution in [0.5, 0.6) is 0 Å². The van der Waals surface area contributed by atoms with Crippen LogP contribution in [0.4, 0.5) is 4.39 Å². The second-order valence-corrected chi connectivity index (χ2v) is 6.37. The third-order valence-electron chi connectivity index (χ3n) is 3.33. The fourth-order valence-electron chi connectivity index (χ4n) is 2.35. The van der Waals surface area contributed by atoms with E-state index >= 15 is 0 Å². The lowest BCUT2D eigenvalue weighted by molar-refractivity contribution is 0.584. The minimum Gasteiger partial charge on any atom is -0.228 e. The molecule has 0 aliphatic rings. The molecular weight excluding hydrogens is 379 g/mol. The van der Waals surface area contributed by atoms with Gasteiger partial charge in [-0.25, -0.2) is 4.98 Å². The largest absolute Gasteiger partial charge is 0.228 e. The van der Waals surface area contributed by atoms with Crippen molar-refractivity contribution in [2.75, 3.05) is 0 Å². The highest BCUT2D eigenvalue weighted by molar-refractivity contribution is 6.41. The summed E-state index contributed by atoms with van der Waals surface area (Å²) in [5.41, 5.74) is 2.08. The smallest absolute Gasteiger partial charge is 0.213 e. The van der Waals surface area contributed by atoms with Gasteiger partial charge in [0.15, 0.2) is 0 Å². The van der Waals surface area contributed by atoms with E-state index in [0.29, 0.717) is 42.3 Å². The molecule has 0 saturated carbocycles. The van der Waals surface area contributed by atoms with Crippen molar-refractivity contribution in [3.8, 4) is 22.3 Å². The molecule has 0 amide bonds. The molecule has 3 aromatic rings. The van der Waals surface area contributed by atoms with Crippen molar-refractivity contribution >= 4 is 46.4 Å². The topological polar surface area (TPSA) is 12.9 Å². The highest BCUT2D eigenvalue weighted by Crippen LogP contribution is 2.44. The summed E-state index contributed by atoms with van der Waals surface area (Å²) < 4.78 is 13.7. The molecule has 0 unspecified atom stereocenters. The minimum atomic E-state index is -0.650. The normalized spacial score (nSPS) is 10.8. The predicted molar refractivity (Wildman–Crippen MR) is 95.1 cm³/mol. The number of hydrogen-bond acceptors (Lipinski definition) is 1. The van der Waals surface area contributed by atoms with Gasteiger partial charge >= 0.3 is 0 Å². The van der Waals surface area contributed by atoms with E-state index < -0.39 is 5.95 Å². The number of hydrogen-bond donors (Lipinski definition) is 0. The molecule has 0 radical (unpaired) electrons. The van der Waals surface area contributed by atoms with Crippen LogP contribution < -0.4 is 0 Å². The summed E-state index contributed by atoms with van der Waals surface area (Å²) in [6.07, 6.45) is 1.37. The minimum absolute atomic E-state index is 0.396. The maximum Gasteiger partial charge on any atom is 0.213 e. The van der Waals surface area contributed by atoms with Crippen LogP contribution in [0.25, 0.3) is 22.3 Å². The van der Waals surface area contributed by atoms with Crippen LogP contribution in [0.2, 0.25) is 20.1 Å². The van der Waals surface area contributed by atoms with Gasteiger partial charge in [-0.2, -0.15) is 4.39 Å². The average Bonchev–Trinajstić information content (AvgIpc) is 2.49. The van der Waals surface area contributed by atoms with Gasteiger partial charge in [-0.1, -0.05) is 58.5 Å². The number of aromatic nitrogens is 1. The highest BCUT2D eigenvalue weighted by atomic mass is 35.5. The third kappa shape index (κ3) is 3.17. The molecule has 0 fully saturated rings. The molecule has 0 aliphatic heterocycles. The van der Waals surface area contributed by atoms with E-state index in [9.17, 15) is 4.39 Å². The number of pyridine rings is 1. The summed E-state index contributed by atoms with van der Waals surface area (Å²) in [5, 5.41) is 1.64. The van der Waals surface area contributed by atoms with E-state index in [1.807, 2.05) is 0 Å². The zero-order valence-electron chi connectivity index (χ0n) is 11.5. The zero-order chi connectivity index (χ0) is 16.6. The molecule has 1 heterocycles. The van der Waals surface area contributed by atoms with E-state index in [-0.39, 0.29) is 0 Å². The lowest BCUT2D eigenvalue weighted by Crippen LogP contribution is -1.93. The van der Waals surface area contributed by atoms with Crippen LogP contribution in [-0.4, -0.2) is 4.98 Å². The van der Waals surface area contributed by atoms with Gasteiger partial charge in [-0.05, 0) is 29.8 Å². The van der Waals surface area contributed by atoms with Gasteiger partial charge in [0.25, 0.3) is 0 Å². The molecule has 23 heavy (non-hydrogen) atoms. The number of nitrogens with zero attached hydrogens (tertiary/aromatic N) is 1. The Bertz CT molecular complexity index is 855. The Morgan fingerprint density at radius 2 is 1.13 bits per heavy atom. The van der Waals surface area contributed by atoms with Crippen LogP contribution in [0.15, 0.2) is 48.7 Å². The Morgan fingerprint density at radius 1 is 0.696 bits per heavy atom. The molecule has 1 nitrogen and oxygen atoms in total. The van der Waals surface area contributed by atoms with E-state index in [2.05, 4.69) is 4.98 Å². The molecule has 1 aromatic heterocycles. The molecule has 0 atom stereocenters. The molecule has 0 spiro atoms. The van der Waals surface area contributed by atoms with Gasteiger partial charge in [-0.15, -0.1) is 0 Å². The third-order valence-corrected chi connectivity index (χ3v) is 4.59.